The number of esters is 1. The molecule has 1 fully saturated rings. The summed E-state index contributed by atoms with van der Waals surface area (Å²) in [6.45, 7) is 5.98. The van der Waals surface area contributed by atoms with Gasteiger partial charge in [-0.1, -0.05) is 0 Å². The molecule has 2 atom stereocenters. The lowest BCUT2D eigenvalue weighted by molar-refractivity contribution is -0.165. The Labute approximate surface area is 147 Å². The number of carbonyl (C=O) groups excluding carboxylic acids is 2. The smallest absolute Gasteiger partial charge is 0.335 e. The van der Waals surface area contributed by atoms with E-state index in [1.807, 2.05) is 32.5 Å². The predicted octanol–water partition coefficient (Wildman–Crippen LogP) is 1.62. The van der Waals surface area contributed by atoms with Crippen molar-refractivity contribution in [3.8, 4) is 0 Å². The summed E-state index contributed by atoms with van der Waals surface area (Å²) in [5.41, 5.74) is 1.86. The Morgan fingerprint density at radius 3 is 2.76 bits per heavy atom. The summed E-state index contributed by atoms with van der Waals surface area (Å²) in [5, 5.41) is 10.2. The molecule has 2 rings (SSSR count). The third kappa shape index (κ3) is 4.60. The van der Waals surface area contributed by atoms with Gasteiger partial charge < -0.3 is 20.1 Å². The molecule has 0 aliphatic carbocycles. The first-order chi connectivity index (χ1) is 12.0. The molecule has 25 heavy (non-hydrogen) atoms. The topological polar surface area (TPSA) is 94.5 Å². The van der Waals surface area contributed by atoms with E-state index in [2.05, 4.69) is 15.7 Å². The van der Waals surface area contributed by atoms with E-state index in [1.54, 1.807) is 12.3 Å². The third-order valence-corrected chi connectivity index (χ3v) is 4.05. The minimum atomic E-state index is -0.519. The van der Waals surface area contributed by atoms with Gasteiger partial charge in [-0.15, -0.1) is 0 Å². The molecule has 2 heterocycles. The minimum Gasteiger partial charge on any atom is -0.461 e. The van der Waals surface area contributed by atoms with Crippen LogP contribution in [-0.4, -0.2) is 48.0 Å². The molecule has 0 radical (unpaired) electrons. The summed E-state index contributed by atoms with van der Waals surface area (Å²) in [6, 6.07) is 0.0137. The van der Waals surface area contributed by atoms with Gasteiger partial charge in [0.05, 0.1) is 24.4 Å². The Morgan fingerprint density at radius 1 is 1.44 bits per heavy atom. The molecule has 1 aliphatic rings. The molecule has 1 aromatic heterocycles. The highest BCUT2D eigenvalue weighted by atomic mass is 16.6. The molecule has 2 N–H and O–H groups in total. The number of hydrogen-bond donors (Lipinski definition) is 2. The molecule has 0 aromatic carbocycles. The molecule has 0 spiro atoms. The third-order valence-electron chi connectivity index (χ3n) is 4.05. The van der Waals surface area contributed by atoms with Crippen LogP contribution >= 0.6 is 0 Å². The fraction of sp³-hybridized carbons (Fsp3) is 0.588. The number of nitrogens with zero attached hydrogens (tertiary/aromatic N) is 2. The van der Waals surface area contributed by atoms with E-state index in [0.29, 0.717) is 19.4 Å². The van der Waals surface area contributed by atoms with Crippen LogP contribution in [0.2, 0.25) is 0 Å². The van der Waals surface area contributed by atoms with E-state index in [9.17, 15) is 9.59 Å². The van der Waals surface area contributed by atoms with Crippen molar-refractivity contribution in [2.45, 2.75) is 51.9 Å². The summed E-state index contributed by atoms with van der Waals surface area (Å²) < 4.78 is 12.8. The Morgan fingerprint density at radius 2 is 2.20 bits per heavy atom. The van der Waals surface area contributed by atoms with Crippen molar-refractivity contribution in [3.63, 3.8) is 0 Å². The molecule has 8 heteroatoms. The van der Waals surface area contributed by atoms with Crippen molar-refractivity contribution >= 4 is 24.3 Å². The van der Waals surface area contributed by atoms with Gasteiger partial charge in [0, 0.05) is 18.8 Å². The lowest BCUT2D eigenvalue weighted by Crippen LogP contribution is -2.36. The van der Waals surface area contributed by atoms with Crippen LogP contribution in [0.25, 0.3) is 6.08 Å². The van der Waals surface area contributed by atoms with Crippen molar-refractivity contribution in [1.82, 2.24) is 15.1 Å². The summed E-state index contributed by atoms with van der Waals surface area (Å²) in [7, 11) is 1.81. The van der Waals surface area contributed by atoms with E-state index in [-0.39, 0.29) is 18.1 Å². The maximum atomic E-state index is 12.0. The Hall–Kier alpha value is -2.35. The van der Waals surface area contributed by atoms with Crippen molar-refractivity contribution < 1.29 is 19.1 Å². The largest absolute Gasteiger partial charge is 0.461 e. The molecule has 0 saturated carbocycles. The van der Waals surface area contributed by atoms with Crippen LogP contribution in [0.4, 0.5) is 5.82 Å². The molecular weight excluding hydrogens is 324 g/mol. The quantitative estimate of drug-likeness (QED) is 0.573. The highest BCUT2D eigenvalue weighted by molar-refractivity contribution is 5.75. The monoisotopic (exact) mass is 350 g/mol. The van der Waals surface area contributed by atoms with Crippen molar-refractivity contribution in [2.75, 3.05) is 19.0 Å². The van der Waals surface area contributed by atoms with Gasteiger partial charge in [0.15, 0.2) is 11.9 Å². The number of nitrogens with one attached hydrogen (secondary N) is 2. The van der Waals surface area contributed by atoms with E-state index < -0.39 is 6.10 Å². The normalized spacial score (nSPS) is 20.7. The first kappa shape index (κ1) is 19.0. The van der Waals surface area contributed by atoms with E-state index in [1.165, 1.54) is 0 Å². The van der Waals surface area contributed by atoms with E-state index in [4.69, 9.17) is 9.47 Å². The highest BCUT2D eigenvalue weighted by Crippen LogP contribution is 2.29. The highest BCUT2D eigenvalue weighted by Gasteiger charge is 2.31. The summed E-state index contributed by atoms with van der Waals surface area (Å²) in [6.07, 6.45) is 4.65. The zero-order valence-corrected chi connectivity index (χ0v) is 15.1. The molecule has 1 amide bonds. The number of anilines is 1. The Bertz CT molecular complexity index is 631. The van der Waals surface area contributed by atoms with Crippen LogP contribution in [0.1, 0.15) is 44.0 Å². The van der Waals surface area contributed by atoms with Crippen molar-refractivity contribution in [1.29, 1.82) is 0 Å². The second-order valence-corrected chi connectivity index (χ2v) is 6.21. The second-order valence-electron chi connectivity index (χ2n) is 6.21. The maximum absolute atomic E-state index is 12.0. The predicted molar refractivity (Wildman–Crippen MR) is 94.0 cm³/mol. The summed E-state index contributed by atoms with van der Waals surface area (Å²) >= 11 is 0. The van der Waals surface area contributed by atoms with Crippen LogP contribution in [0.5, 0.6) is 0 Å². The zero-order chi connectivity index (χ0) is 18.4. The number of hydrogen-bond acceptors (Lipinski definition) is 6. The van der Waals surface area contributed by atoms with Crippen LogP contribution < -0.4 is 10.6 Å². The molecule has 1 aliphatic heterocycles. The van der Waals surface area contributed by atoms with E-state index >= 15 is 0 Å². The number of carbonyl (C=O) groups is 2. The van der Waals surface area contributed by atoms with Crippen LogP contribution in [-0.2, 0) is 19.1 Å². The fourth-order valence-corrected chi connectivity index (χ4v) is 2.84. The molecule has 8 nitrogen and oxygen atoms in total. The molecule has 2 unspecified atom stereocenters. The fourth-order valence-electron chi connectivity index (χ4n) is 2.84. The number of amides is 1. The van der Waals surface area contributed by atoms with E-state index in [0.717, 1.165) is 23.5 Å². The Kier molecular flexibility index (Phi) is 6.58. The van der Waals surface area contributed by atoms with Gasteiger partial charge in [-0.25, -0.2) is 4.79 Å². The molecule has 138 valence electrons. The molecule has 1 aromatic rings. The number of ether oxygens (including phenoxy) is 2. The van der Waals surface area contributed by atoms with Gasteiger partial charge in [0.1, 0.15) is 0 Å². The zero-order valence-electron chi connectivity index (χ0n) is 15.1. The number of aromatic nitrogens is 2. The standard InChI is InChI=1S/C17H26N4O4/c1-11(2)25-17(23)15-6-5-13(9-24-15)21-14(7-8-19-10-22)12(3)16(18-4)20-21/h7-8,10-11,13,15H,5-6,9H2,1-4H3,(H,18,20)(H,19,22)/b8-7-. The Balaban J connectivity index is 2.12. The molecule has 1 saturated heterocycles. The number of rotatable bonds is 7. The molecule has 0 bridgehead atoms. The maximum Gasteiger partial charge on any atom is 0.335 e. The summed E-state index contributed by atoms with van der Waals surface area (Å²) in [4.78, 5) is 22.4. The van der Waals surface area contributed by atoms with Crippen LogP contribution in [0.15, 0.2) is 6.20 Å². The first-order valence-electron chi connectivity index (χ1n) is 8.43. The first-order valence-corrected chi connectivity index (χ1v) is 8.43. The van der Waals surface area contributed by atoms with Gasteiger partial charge in [-0.2, -0.15) is 5.10 Å². The van der Waals surface area contributed by atoms with Gasteiger partial charge in [0.25, 0.3) is 0 Å². The summed E-state index contributed by atoms with van der Waals surface area (Å²) in [5.74, 6) is 0.461. The van der Waals surface area contributed by atoms with Crippen molar-refractivity contribution in [3.05, 3.63) is 17.5 Å². The second kappa shape index (κ2) is 8.66. The van der Waals surface area contributed by atoms with Gasteiger partial charge in [-0.3, -0.25) is 9.48 Å². The van der Waals surface area contributed by atoms with Crippen molar-refractivity contribution in [2.24, 2.45) is 0 Å². The van der Waals surface area contributed by atoms with Gasteiger partial charge in [-0.05, 0) is 39.7 Å². The average Bonchev–Trinajstić information content (AvgIpc) is 2.91. The average molecular weight is 350 g/mol. The lowest BCUT2D eigenvalue weighted by atomic mass is 10.0. The van der Waals surface area contributed by atoms with Crippen LogP contribution in [0, 0.1) is 6.92 Å². The van der Waals surface area contributed by atoms with Crippen LogP contribution in [0.3, 0.4) is 0 Å². The SMILES string of the molecule is CNc1nn(C2CCC(C(=O)OC(C)C)OC2)c(/C=C\NC=O)c1C. The lowest BCUT2D eigenvalue weighted by Gasteiger charge is -2.29. The van der Waals surface area contributed by atoms with Gasteiger partial charge in [0.2, 0.25) is 6.41 Å². The minimum absolute atomic E-state index is 0.0137. The molecular formula is C17H26N4O4. The van der Waals surface area contributed by atoms with Gasteiger partial charge >= 0.3 is 5.97 Å².